The van der Waals surface area contributed by atoms with Crippen molar-refractivity contribution < 1.29 is 18.0 Å². The molecule has 8 nitrogen and oxygen atoms in total. The summed E-state index contributed by atoms with van der Waals surface area (Å²) in [5.74, 6) is -2.13. The Morgan fingerprint density at radius 1 is 0.943 bits per heavy atom. The Morgan fingerprint density at radius 2 is 1.69 bits per heavy atom. The van der Waals surface area contributed by atoms with Crippen LogP contribution in [0.15, 0.2) is 48.7 Å². The Kier molecular flexibility index (Phi) is 6.16. The van der Waals surface area contributed by atoms with Crippen LogP contribution >= 0.6 is 0 Å². The molecule has 180 valence electrons. The van der Waals surface area contributed by atoms with Crippen LogP contribution in [0.3, 0.4) is 0 Å². The molecule has 0 saturated carbocycles. The highest BCUT2D eigenvalue weighted by Gasteiger charge is 2.24. The van der Waals surface area contributed by atoms with Crippen molar-refractivity contribution in [2.24, 2.45) is 0 Å². The fourth-order valence-electron chi connectivity index (χ4n) is 3.26. The predicted molar refractivity (Wildman–Crippen MR) is 127 cm³/mol. The number of benzene rings is 2. The molecule has 4 aromatic rings. The number of nitrogen functional groups attached to an aromatic ring is 1. The molecule has 0 aliphatic carbocycles. The number of rotatable bonds is 4. The maximum Gasteiger partial charge on any atom is 0.323 e. The maximum absolute atomic E-state index is 14.6. The van der Waals surface area contributed by atoms with Gasteiger partial charge in [-0.1, -0.05) is 20.8 Å². The Morgan fingerprint density at radius 3 is 2.37 bits per heavy atom. The van der Waals surface area contributed by atoms with Crippen molar-refractivity contribution >= 4 is 23.4 Å². The number of nitrogens with one attached hydrogen (secondary N) is 3. The van der Waals surface area contributed by atoms with E-state index in [9.17, 15) is 18.0 Å². The maximum atomic E-state index is 14.6. The third-order valence-electron chi connectivity index (χ3n) is 5.01. The lowest BCUT2D eigenvalue weighted by Gasteiger charge is -2.14. The Labute approximate surface area is 198 Å². The van der Waals surface area contributed by atoms with Crippen molar-refractivity contribution in [3.63, 3.8) is 0 Å². The molecule has 0 saturated heterocycles. The zero-order valence-electron chi connectivity index (χ0n) is 19.1. The number of carbonyl (C=O) groups is 1. The lowest BCUT2D eigenvalue weighted by atomic mass is 9.96. The number of H-pyrrole nitrogens is 1. The van der Waals surface area contributed by atoms with E-state index in [2.05, 4.69) is 25.6 Å². The molecule has 0 radical (unpaired) electrons. The lowest BCUT2D eigenvalue weighted by Crippen LogP contribution is -2.20. The van der Waals surface area contributed by atoms with Crippen molar-refractivity contribution in [3.05, 3.63) is 71.9 Å². The van der Waals surface area contributed by atoms with E-state index in [0.717, 1.165) is 12.1 Å². The van der Waals surface area contributed by atoms with Gasteiger partial charge < -0.3 is 21.4 Å². The van der Waals surface area contributed by atoms with E-state index in [1.54, 1.807) is 6.07 Å². The van der Waals surface area contributed by atoms with Crippen LogP contribution in [0.1, 0.15) is 26.6 Å². The first kappa shape index (κ1) is 23.7. The van der Waals surface area contributed by atoms with Crippen LogP contribution in [0.2, 0.25) is 0 Å². The summed E-state index contributed by atoms with van der Waals surface area (Å²) in [4.78, 5) is 28.5. The lowest BCUT2D eigenvalue weighted by molar-refractivity contribution is 0.262. The molecule has 0 atom stereocenters. The van der Waals surface area contributed by atoms with E-state index >= 15 is 0 Å². The molecule has 2 amide bonds. The first-order chi connectivity index (χ1) is 16.5. The molecule has 0 aliphatic rings. The highest BCUT2D eigenvalue weighted by Crippen LogP contribution is 2.34. The number of nitrogens with zero attached hydrogens (tertiary/aromatic N) is 3. The fourth-order valence-corrected chi connectivity index (χ4v) is 3.26. The van der Waals surface area contributed by atoms with Crippen LogP contribution in [0.5, 0.6) is 0 Å². The quantitative estimate of drug-likeness (QED) is 0.308. The Hall–Kier alpha value is -4.41. The zero-order valence-corrected chi connectivity index (χ0v) is 19.1. The van der Waals surface area contributed by atoms with Crippen molar-refractivity contribution in [2.45, 2.75) is 26.2 Å². The van der Waals surface area contributed by atoms with E-state index in [4.69, 9.17) is 10.7 Å². The van der Waals surface area contributed by atoms with Crippen molar-refractivity contribution in [1.82, 2.24) is 19.9 Å². The van der Waals surface area contributed by atoms with Gasteiger partial charge in [0, 0.05) is 28.9 Å². The summed E-state index contributed by atoms with van der Waals surface area (Å²) in [6.45, 7) is 5.94. The first-order valence-electron chi connectivity index (χ1n) is 10.5. The molecule has 2 aromatic heterocycles. The zero-order chi connectivity index (χ0) is 25.3. The summed E-state index contributed by atoms with van der Waals surface area (Å²) in [6.07, 6.45) is 1.51. The summed E-state index contributed by atoms with van der Waals surface area (Å²) in [6, 6.07) is 7.82. The second-order valence-electron chi connectivity index (χ2n) is 8.76. The van der Waals surface area contributed by atoms with Gasteiger partial charge in [0.1, 0.15) is 11.6 Å². The fraction of sp³-hybridized carbons (Fsp3) is 0.167. The van der Waals surface area contributed by atoms with Gasteiger partial charge in [-0.15, -0.1) is 0 Å². The van der Waals surface area contributed by atoms with Crippen molar-refractivity contribution in [1.29, 1.82) is 0 Å². The number of carbonyl (C=O) groups excluding carboxylic acids is 1. The van der Waals surface area contributed by atoms with Crippen molar-refractivity contribution in [3.8, 4) is 22.6 Å². The second-order valence-corrected chi connectivity index (χ2v) is 8.76. The number of halogens is 3. The van der Waals surface area contributed by atoms with Gasteiger partial charge in [0.25, 0.3) is 0 Å². The molecule has 0 aliphatic heterocycles. The average molecular weight is 481 g/mol. The number of imidazole rings is 1. The van der Waals surface area contributed by atoms with E-state index in [0.29, 0.717) is 28.5 Å². The topological polar surface area (TPSA) is 122 Å². The molecule has 0 fully saturated rings. The number of urea groups is 1. The van der Waals surface area contributed by atoms with Crippen LogP contribution in [0, 0.1) is 17.5 Å². The van der Waals surface area contributed by atoms with Gasteiger partial charge in [0.2, 0.25) is 5.95 Å². The second kappa shape index (κ2) is 9.09. The van der Waals surface area contributed by atoms with E-state index in [1.807, 2.05) is 20.8 Å². The average Bonchev–Trinajstić information content (AvgIpc) is 3.24. The summed E-state index contributed by atoms with van der Waals surface area (Å²) >= 11 is 0. The molecule has 11 heteroatoms. The van der Waals surface area contributed by atoms with Gasteiger partial charge in [-0.05, 0) is 36.4 Å². The first-order valence-corrected chi connectivity index (χ1v) is 10.5. The Balaban J connectivity index is 1.69. The third kappa shape index (κ3) is 5.24. The van der Waals surface area contributed by atoms with Crippen LogP contribution < -0.4 is 16.4 Å². The number of aromatic amines is 1. The number of nitrogens with two attached hydrogens (primary N) is 1. The third-order valence-corrected chi connectivity index (χ3v) is 5.01. The highest BCUT2D eigenvalue weighted by atomic mass is 19.2. The minimum Gasteiger partial charge on any atom is -0.368 e. The van der Waals surface area contributed by atoms with Gasteiger partial charge in [-0.25, -0.2) is 32.9 Å². The summed E-state index contributed by atoms with van der Waals surface area (Å²) in [5.41, 5.74) is 7.28. The summed E-state index contributed by atoms with van der Waals surface area (Å²) in [7, 11) is 0. The minimum atomic E-state index is -1.12. The van der Waals surface area contributed by atoms with Crippen LogP contribution in [0.25, 0.3) is 22.6 Å². The number of anilines is 3. The van der Waals surface area contributed by atoms with E-state index in [1.165, 1.54) is 30.5 Å². The largest absolute Gasteiger partial charge is 0.368 e. The van der Waals surface area contributed by atoms with Crippen LogP contribution in [0.4, 0.5) is 35.3 Å². The molecule has 0 spiro atoms. The van der Waals surface area contributed by atoms with Gasteiger partial charge in [-0.2, -0.15) is 0 Å². The smallest absolute Gasteiger partial charge is 0.323 e. The normalized spacial score (nSPS) is 11.4. The molecule has 0 unspecified atom stereocenters. The number of aromatic nitrogens is 4. The molecule has 2 heterocycles. The molecule has 0 bridgehead atoms. The predicted octanol–water partition coefficient (Wildman–Crippen LogP) is 5.47. The highest BCUT2D eigenvalue weighted by molar-refractivity contribution is 6.00. The number of amides is 2. The number of hydrogen-bond acceptors (Lipinski definition) is 5. The summed E-state index contributed by atoms with van der Waals surface area (Å²) in [5, 5.41) is 4.72. The Bertz CT molecular complexity index is 1410. The standard InChI is InChI=1S/C24H22F3N7O/c1-24(2,3)21-33-19(20(34-21)17-8-9-29-22(28)31-17)12-4-6-15(26)18(10-12)32-23(35)30-13-5-7-14(25)16(27)11-13/h4-11H,1-3H3,(H,33,34)(H2,28,29,31)(H2,30,32,35). The van der Waals surface area contributed by atoms with E-state index in [-0.39, 0.29) is 22.7 Å². The van der Waals surface area contributed by atoms with Crippen LogP contribution in [-0.2, 0) is 5.41 Å². The van der Waals surface area contributed by atoms with E-state index < -0.39 is 23.5 Å². The van der Waals surface area contributed by atoms with Crippen molar-refractivity contribution in [2.75, 3.05) is 16.4 Å². The summed E-state index contributed by atoms with van der Waals surface area (Å²) < 4.78 is 41.1. The van der Waals surface area contributed by atoms with Gasteiger partial charge in [0.05, 0.1) is 22.8 Å². The molecular formula is C24H22F3N7O. The minimum absolute atomic E-state index is 0.00344. The molecule has 4 rings (SSSR count). The SMILES string of the molecule is CC(C)(C)c1nc(-c2ccc(F)c(NC(=O)Nc3ccc(F)c(F)c3)c2)c(-c2ccnc(N)n2)[nH]1. The van der Waals surface area contributed by atoms with Crippen LogP contribution in [-0.4, -0.2) is 26.0 Å². The van der Waals surface area contributed by atoms with Gasteiger partial charge in [0.15, 0.2) is 11.6 Å². The molecule has 35 heavy (non-hydrogen) atoms. The molecule has 5 N–H and O–H groups in total. The molecule has 2 aromatic carbocycles. The number of hydrogen-bond donors (Lipinski definition) is 4. The molecular weight excluding hydrogens is 459 g/mol. The monoisotopic (exact) mass is 481 g/mol. The van der Waals surface area contributed by atoms with Gasteiger partial charge in [-0.3, -0.25) is 0 Å². The van der Waals surface area contributed by atoms with Gasteiger partial charge >= 0.3 is 6.03 Å².